The molecule has 0 aromatic rings. The van der Waals surface area contributed by atoms with Crippen molar-refractivity contribution in [1.29, 1.82) is 0 Å². The zero-order chi connectivity index (χ0) is 12.7. The van der Waals surface area contributed by atoms with Crippen LogP contribution < -0.4 is 5.32 Å². The standard InChI is InChI=1S/C14H28N2OS/c1-2-5-15-11-14(4-3-8-17-13-14)12-16-6-9-18-10-7-16/h15H,2-13H2,1H3. The third-order valence-corrected chi connectivity index (χ3v) is 4.94. The first-order chi connectivity index (χ1) is 8.85. The Morgan fingerprint density at radius 2 is 2.17 bits per heavy atom. The first kappa shape index (κ1) is 14.6. The lowest BCUT2D eigenvalue weighted by Gasteiger charge is -2.42. The summed E-state index contributed by atoms with van der Waals surface area (Å²) in [6.07, 6.45) is 3.78. The van der Waals surface area contributed by atoms with Gasteiger partial charge in [0, 0.05) is 49.7 Å². The van der Waals surface area contributed by atoms with E-state index in [9.17, 15) is 0 Å². The summed E-state index contributed by atoms with van der Waals surface area (Å²) in [5, 5.41) is 3.62. The molecule has 2 rings (SSSR count). The van der Waals surface area contributed by atoms with Crippen LogP contribution in [0.15, 0.2) is 0 Å². The Morgan fingerprint density at radius 3 is 2.83 bits per heavy atom. The van der Waals surface area contributed by atoms with Crippen molar-refractivity contribution < 1.29 is 4.74 Å². The van der Waals surface area contributed by atoms with Gasteiger partial charge in [-0.1, -0.05) is 6.92 Å². The van der Waals surface area contributed by atoms with Crippen molar-refractivity contribution in [2.75, 3.05) is 57.4 Å². The van der Waals surface area contributed by atoms with Gasteiger partial charge in [-0.2, -0.15) is 11.8 Å². The molecule has 0 radical (unpaired) electrons. The minimum absolute atomic E-state index is 0.370. The Kier molecular flexibility index (Phi) is 6.29. The summed E-state index contributed by atoms with van der Waals surface area (Å²) in [4.78, 5) is 2.65. The molecule has 2 fully saturated rings. The van der Waals surface area contributed by atoms with E-state index in [1.807, 2.05) is 0 Å². The van der Waals surface area contributed by atoms with Gasteiger partial charge in [-0.25, -0.2) is 0 Å². The molecule has 4 heteroatoms. The van der Waals surface area contributed by atoms with E-state index in [1.165, 1.54) is 50.4 Å². The molecule has 2 aliphatic heterocycles. The second-order valence-corrected chi connectivity index (χ2v) is 6.95. The number of hydrogen-bond acceptors (Lipinski definition) is 4. The average molecular weight is 272 g/mol. The molecule has 0 amide bonds. The molecule has 18 heavy (non-hydrogen) atoms. The topological polar surface area (TPSA) is 24.5 Å². The highest BCUT2D eigenvalue weighted by molar-refractivity contribution is 7.99. The van der Waals surface area contributed by atoms with Crippen LogP contribution in [0.1, 0.15) is 26.2 Å². The molecule has 0 bridgehead atoms. The van der Waals surface area contributed by atoms with E-state index in [0.29, 0.717) is 5.41 Å². The summed E-state index contributed by atoms with van der Waals surface area (Å²) >= 11 is 2.09. The molecule has 0 spiro atoms. The normalized spacial score (nSPS) is 30.5. The fourth-order valence-corrected chi connectivity index (χ4v) is 3.97. The van der Waals surface area contributed by atoms with Gasteiger partial charge in [0.2, 0.25) is 0 Å². The maximum Gasteiger partial charge on any atom is 0.0546 e. The minimum atomic E-state index is 0.370. The van der Waals surface area contributed by atoms with Crippen molar-refractivity contribution in [3.8, 4) is 0 Å². The summed E-state index contributed by atoms with van der Waals surface area (Å²) in [5.41, 5.74) is 0.370. The maximum absolute atomic E-state index is 5.79. The van der Waals surface area contributed by atoms with Gasteiger partial charge in [0.15, 0.2) is 0 Å². The number of hydrogen-bond donors (Lipinski definition) is 1. The Morgan fingerprint density at radius 1 is 1.33 bits per heavy atom. The van der Waals surface area contributed by atoms with Crippen LogP contribution >= 0.6 is 11.8 Å². The molecule has 3 nitrogen and oxygen atoms in total. The van der Waals surface area contributed by atoms with E-state index < -0.39 is 0 Å². The molecule has 2 aliphatic rings. The van der Waals surface area contributed by atoms with E-state index >= 15 is 0 Å². The Hall–Kier alpha value is 0.230. The lowest BCUT2D eigenvalue weighted by Crippen LogP contribution is -2.50. The molecule has 0 aromatic heterocycles. The number of thioether (sulfide) groups is 1. The second-order valence-electron chi connectivity index (χ2n) is 5.72. The van der Waals surface area contributed by atoms with Crippen molar-refractivity contribution in [2.45, 2.75) is 26.2 Å². The fourth-order valence-electron chi connectivity index (χ4n) is 2.99. The van der Waals surface area contributed by atoms with Crippen molar-refractivity contribution in [3.05, 3.63) is 0 Å². The van der Waals surface area contributed by atoms with Crippen molar-refractivity contribution in [3.63, 3.8) is 0 Å². The van der Waals surface area contributed by atoms with Crippen molar-refractivity contribution in [2.24, 2.45) is 5.41 Å². The predicted molar refractivity (Wildman–Crippen MR) is 79.4 cm³/mol. The fraction of sp³-hybridized carbons (Fsp3) is 1.00. The number of nitrogens with one attached hydrogen (secondary N) is 1. The van der Waals surface area contributed by atoms with Crippen LogP contribution in [0.5, 0.6) is 0 Å². The van der Waals surface area contributed by atoms with Gasteiger partial charge < -0.3 is 15.0 Å². The first-order valence-corrected chi connectivity index (χ1v) is 8.59. The van der Waals surface area contributed by atoms with Gasteiger partial charge in [0.1, 0.15) is 0 Å². The molecule has 0 aliphatic carbocycles. The van der Waals surface area contributed by atoms with E-state index in [2.05, 4.69) is 28.9 Å². The largest absolute Gasteiger partial charge is 0.381 e. The minimum Gasteiger partial charge on any atom is -0.381 e. The molecule has 1 atom stereocenters. The van der Waals surface area contributed by atoms with Crippen molar-refractivity contribution in [1.82, 2.24) is 10.2 Å². The lowest BCUT2D eigenvalue weighted by atomic mass is 9.81. The van der Waals surface area contributed by atoms with E-state index in [-0.39, 0.29) is 0 Å². The SMILES string of the molecule is CCCNCC1(CN2CCSCC2)CCCOC1. The molecular weight excluding hydrogens is 244 g/mol. The number of ether oxygens (including phenoxy) is 1. The zero-order valence-corrected chi connectivity index (χ0v) is 12.6. The second kappa shape index (κ2) is 7.73. The molecule has 0 aromatic carbocycles. The zero-order valence-electron chi connectivity index (χ0n) is 11.7. The highest BCUT2D eigenvalue weighted by Gasteiger charge is 2.34. The van der Waals surface area contributed by atoms with Crippen molar-refractivity contribution >= 4 is 11.8 Å². The molecule has 0 saturated carbocycles. The number of rotatable bonds is 6. The van der Waals surface area contributed by atoms with Crippen LogP contribution in [0.4, 0.5) is 0 Å². The third kappa shape index (κ3) is 4.41. The highest BCUT2D eigenvalue weighted by Crippen LogP contribution is 2.30. The van der Waals surface area contributed by atoms with Gasteiger partial charge >= 0.3 is 0 Å². The van der Waals surface area contributed by atoms with E-state index in [4.69, 9.17) is 4.74 Å². The van der Waals surface area contributed by atoms with Gasteiger partial charge in [-0.15, -0.1) is 0 Å². The highest BCUT2D eigenvalue weighted by atomic mass is 32.2. The average Bonchev–Trinajstić information content (AvgIpc) is 2.41. The van der Waals surface area contributed by atoms with E-state index in [0.717, 1.165) is 26.3 Å². The summed E-state index contributed by atoms with van der Waals surface area (Å²) in [7, 11) is 0. The molecule has 2 heterocycles. The van der Waals surface area contributed by atoms with Crippen LogP contribution in [0.3, 0.4) is 0 Å². The van der Waals surface area contributed by atoms with Crippen LogP contribution in [-0.4, -0.2) is 62.3 Å². The Balaban J connectivity index is 1.85. The quantitative estimate of drug-likeness (QED) is 0.746. The van der Waals surface area contributed by atoms with Gasteiger partial charge in [0.25, 0.3) is 0 Å². The lowest BCUT2D eigenvalue weighted by molar-refractivity contribution is -0.0248. The Bertz CT molecular complexity index is 226. The van der Waals surface area contributed by atoms with Crippen LogP contribution in [0.25, 0.3) is 0 Å². The summed E-state index contributed by atoms with van der Waals surface area (Å²) < 4.78 is 5.79. The third-order valence-electron chi connectivity index (χ3n) is 3.99. The maximum atomic E-state index is 5.79. The molecule has 106 valence electrons. The molecule has 2 saturated heterocycles. The van der Waals surface area contributed by atoms with Crippen LogP contribution in [0.2, 0.25) is 0 Å². The summed E-state index contributed by atoms with van der Waals surface area (Å²) in [6, 6.07) is 0. The van der Waals surface area contributed by atoms with Crippen LogP contribution in [0, 0.1) is 5.41 Å². The molecular formula is C14H28N2OS. The van der Waals surface area contributed by atoms with Gasteiger partial charge in [-0.3, -0.25) is 0 Å². The first-order valence-electron chi connectivity index (χ1n) is 7.43. The smallest absolute Gasteiger partial charge is 0.0546 e. The summed E-state index contributed by atoms with van der Waals surface area (Å²) in [6.45, 7) is 10.2. The monoisotopic (exact) mass is 272 g/mol. The molecule has 1 unspecified atom stereocenters. The van der Waals surface area contributed by atoms with Gasteiger partial charge in [-0.05, 0) is 25.8 Å². The summed E-state index contributed by atoms with van der Waals surface area (Å²) in [5.74, 6) is 2.61. The van der Waals surface area contributed by atoms with Crippen LogP contribution in [-0.2, 0) is 4.74 Å². The molecule has 1 N–H and O–H groups in total. The Labute approximate surface area is 116 Å². The predicted octanol–water partition coefficient (Wildman–Crippen LogP) is 1.83. The van der Waals surface area contributed by atoms with E-state index in [1.54, 1.807) is 0 Å². The van der Waals surface area contributed by atoms with Gasteiger partial charge in [0.05, 0.1) is 6.61 Å². The number of nitrogens with zero attached hydrogens (tertiary/aromatic N) is 1.